The maximum atomic E-state index is 12.3. The van der Waals surface area contributed by atoms with Crippen LogP contribution in [0.5, 0.6) is 5.75 Å². The topological polar surface area (TPSA) is 128 Å². The first kappa shape index (κ1) is 29.1. The van der Waals surface area contributed by atoms with Gasteiger partial charge in [-0.25, -0.2) is 0 Å². The van der Waals surface area contributed by atoms with Gasteiger partial charge in [0, 0.05) is 12.8 Å². The number of Topliss-reactive ketones (excluding diaryl/α,β-unsaturated/α-hetero) is 1. The predicted octanol–water partition coefficient (Wildman–Crippen LogP) is 2.98. The standard InChI is InChI=1S/C26H41N3O5/c1-18-11-13-22(34-16-21(28-17-30)12-14-23(27)32)15-20(18)9-7-6-8-10-24(33)29-25(19(2)31)26(3,4)5/h11,13,15,17,21,25H,6-10,12,14,16H2,1-5H3,(H2,27,32)(H,28,30)(H,29,33)/t21-,25+/m0/s1. The molecule has 2 atom stereocenters. The van der Waals surface area contributed by atoms with Gasteiger partial charge in [-0.1, -0.05) is 33.3 Å². The van der Waals surface area contributed by atoms with Crippen LogP contribution in [0.2, 0.25) is 0 Å². The molecule has 0 aliphatic heterocycles. The number of ether oxygens (including phenoxy) is 1. The molecule has 4 N–H and O–H groups in total. The van der Waals surface area contributed by atoms with E-state index in [4.69, 9.17) is 10.5 Å². The molecule has 0 radical (unpaired) electrons. The summed E-state index contributed by atoms with van der Waals surface area (Å²) in [6.07, 6.45) is 5.05. The molecule has 0 spiro atoms. The number of rotatable bonds is 16. The average Bonchev–Trinajstić information content (AvgIpc) is 2.74. The van der Waals surface area contributed by atoms with Gasteiger partial charge in [-0.15, -0.1) is 0 Å². The molecule has 0 saturated heterocycles. The predicted molar refractivity (Wildman–Crippen MR) is 132 cm³/mol. The number of hydrogen-bond acceptors (Lipinski definition) is 5. The molecule has 190 valence electrons. The normalized spacial score (nSPS) is 13.0. The molecule has 8 heteroatoms. The van der Waals surface area contributed by atoms with Gasteiger partial charge >= 0.3 is 0 Å². The van der Waals surface area contributed by atoms with E-state index in [-0.39, 0.29) is 36.2 Å². The molecule has 34 heavy (non-hydrogen) atoms. The van der Waals surface area contributed by atoms with Crippen LogP contribution in [0.25, 0.3) is 0 Å². The van der Waals surface area contributed by atoms with Crippen LogP contribution in [0.1, 0.15) is 77.3 Å². The first-order chi connectivity index (χ1) is 15.9. The molecule has 0 aliphatic rings. The maximum absolute atomic E-state index is 12.3. The number of unbranched alkanes of at least 4 members (excludes halogenated alkanes) is 2. The summed E-state index contributed by atoms with van der Waals surface area (Å²) in [5.74, 6) is 0.172. The minimum atomic E-state index is -0.470. The highest BCUT2D eigenvalue weighted by Crippen LogP contribution is 2.21. The second-order valence-electron chi connectivity index (χ2n) is 9.92. The monoisotopic (exact) mass is 475 g/mol. The number of ketones is 1. The van der Waals surface area contributed by atoms with Crippen molar-refractivity contribution in [1.82, 2.24) is 10.6 Å². The smallest absolute Gasteiger partial charge is 0.220 e. The van der Waals surface area contributed by atoms with Crippen molar-refractivity contribution in [2.24, 2.45) is 11.1 Å². The van der Waals surface area contributed by atoms with Crippen LogP contribution in [0.3, 0.4) is 0 Å². The summed E-state index contributed by atoms with van der Waals surface area (Å²) < 4.78 is 5.84. The summed E-state index contributed by atoms with van der Waals surface area (Å²) in [7, 11) is 0. The van der Waals surface area contributed by atoms with Gasteiger partial charge in [0.25, 0.3) is 0 Å². The summed E-state index contributed by atoms with van der Waals surface area (Å²) in [5, 5.41) is 5.52. The first-order valence-corrected chi connectivity index (χ1v) is 11.9. The fourth-order valence-electron chi connectivity index (χ4n) is 3.77. The lowest BCUT2D eigenvalue weighted by molar-refractivity contribution is -0.129. The molecule has 0 saturated carbocycles. The van der Waals surface area contributed by atoms with Gasteiger partial charge in [-0.2, -0.15) is 0 Å². The minimum absolute atomic E-state index is 0.0282. The maximum Gasteiger partial charge on any atom is 0.220 e. The number of nitrogens with one attached hydrogen (secondary N) is 2. The Morgan fingerprint density at radius 1 is 1.12 bits per heavy atom. The van der Waals surface area contributed by atoms with E-state index >= 15 is 0 Å². The van der Waals surface area contributed by atoms with Gasteiger partial charge in [0.1, 0.15) is 12.4 Å². The first-order valence-electron chi connectivity index (χ1n) is 11.9. The minimum Gasteiger partial charge on any atom is -0.491 e. The Labute approximate surface area is 203 Å². The highest BCUT2D eigenvalue weighted by molar-refractivity contribution is 5.88. The lowest BCUT2D eigenvalue weighted by Crippen LogP contribution is -2.48. The Hall–Kier alpha value is -2.90. The molecule has 1 aromatic rings. The van der Waals surface area contributed by atoms with Crippen LogP contribution >= 0.6 is 0 Å². The molecular weight excluding hydrogens is 434 g/mol. The number of primary amides is 1. The molecule has 0 bridgehead atoms. The summed E-state index contributed by atoms with van der Waals surface area (Å²) in [5.41, 5.74) is 7.21. The van der Waals surface area contributed by atoms with Gasteiger partial charge in [-0.3, -0.25) is 19.2 Å². The van der Waals surface area contributed by atoms with Crippen molar-refractivity contribution in [2.75, 3.05) is 6.61 Å². The van der Waals surface area contributed by atoms with Crippen LogP contribution < -0.4 is 21.1 Å². The largest absolute Gasteiger partial charge is 0.491 e. The van der Waals surface area contributed by atoms with E-state index in [2.05, 4.69) is 10.6 Å². The van der Waals surface area contributed by atoms with E-state index < -0.39 is 11.9 Å². The Morgan fingerprint density at radius 3 is 2.41 bits per heavy atom. The lowest BCUT2D eigenvalue weighted by atomic mass is 9.84. The number of amides is 3. The third-order valence-electron chi connectivity index (χ3n) is 5.74. The highest BCUT2D eigenvalue weighted by Gasteiger charge is 2.29. The number of benzene rings is 1. The van der Waals surface area contributed by atoms with Gasteiger partial charge in [0.2, 0.25) is 18.2 Å². The molecule has 3 amide bonds. The van der Waals surface area contributed by atoms with E-state index in [0.717, 1.165) is 31.2 Å². The average molecular weight is 476 g/mol. The Bertz CT molecular complexity index is 832. The summed E-state index contributed by atoms with van der Waals surface area (Å²) in [6.45, 7) is 9.64. The van der Waals surface area contributed by atoms with E-state index in [1.807, 2.05) is 45.9 Å². The highest BCUT2D eigenvalue weighted by atomic mass is 16.5. The van der Waals surface area contributed by atoms with Gasteiger partial charge in [0.15, 0.2) is 5.78 Å². The molecule has 0 unspecified atom stereocenters. The quantitative estimate of drug-likeness (QED) is 0.250. The second kappa shape index (κ2) is 14.4. The SMILES string of the molecule is CC(=O)[C@@H](NC(=O)CCCCCc1cc(OC[C@H](CCC(N)=O)NC=O)ccc1C)C(C)(C)C. The molecule has 0 aromatic heterocycles. The Morgan fingerprint density at radius 2 is 1.82 bits per heavy atom. The zero-order valence-electron chi connectivity index (χ0n) is 21.2. The molecule has 1 aromatic carbocycles. The molecule has 0 aliphatic carbocycles. The lowest BCUT2D eigenvalue weighted by Gasteiger charge is -2.29. The van der Waals surface area contributed by atoms with Crippen molar-refractivity contribution in [3.8, 4) is 5.75 Å². The fourth-order valence-corrected chi connectivity index (χ4v) is 3.77. The van der Waals surface area contributed by atoms with Crippen molar-refractivity contribution in [3.05, 3.63) is 29.3 Å². The molecule has 0 fully saturated rings. The van der Waals surface area contributed by atoms with Crippen LogP contribution in [0.15, 0.2) is 18.2 Å². The molecule has 0 heterocycles. The van der Waals surface area contributed by atoms with Crippen LogP contribution in [0, 0.1) is 12.3 Å². The number of carbonyl (C=O) groups is 4. The summed E-state index contributed by atoms with van der Waals surface area (Å²) in [4.78, 5) is 45.9. The number of hydrogen-bond donors (Lipinski definition) is 3. The summed E-state index contributed by atoms with van der Waals surface area (Å²) >= 11 is 0. The third-order valence-corrected chi connectivity index (χ3v) is 5.74. The molecule has 8 nitrogen and oxygen atoms in total. The van der Waals surface area contributed by atoms with Crippen molar-refractivity contribution < 1.29 is 23.9 Å². The van der Waals surface area contributed by atoms with E-state index in [9.17, 15) is 19.2 Å². The third kappa shape index (κ3) is 11.3. The van der Waals surface area contributed by atoms with Crippen molar-refractivity contribution in [1.29, 1.82) is 0 Å². The van der Waals surface area contributed by atoms with E-state index in [1.165, 1.54) is 12.5 Å². The zero-order chi connectivity index (χ0) is 25.7. The zero-order valence-corrected chi connectivity index (χ0v) is 21.2. The number of carbonyl (C=O) groups excluding carboxylic acids is 4. The number of aryl methyl sites for hydroxylation is 2. The Balaban J connectivity index is 2.48. The molecule has 1 rings (SSSR count). The summed E-state index contributed by atoms with van der Waals surface area (Å²) in [6, 6.07) is 5.12. The van der Waals surface area contributed by atoms with Crippen molar-refractivity contribution in [3.63, 3.8) is 0 Å². The van der Waals surface area contributed by atoms with Gasteiger partial charge in [0.05, 0.1) is 12.1 Å². The van der Waals surface area contributed by atoms with E-state index in [1.54, 1.807) is 0 Å². The number of nitrogens with two attached hydrogens (primary N) is 1. The van der Waals surface area contributed by atoms with Gasteiger partial charge < -0.3 is 21.1 Å². The van der Waals surface area contributed by atoms with Crippen molar-refractivity contribution in [2.45, 2.75) is 91.6 Å². The van der Waals surface area contributed by atoms with Crippen molar-refractivity contribution >= 4 is 24.0 Å². The van der Waals surface area contributed by atoms with Crippen LogP contribution in [0.4, 0.5) is 0 Å². The second-order valence-corrected chi connectivity index (χ2v) is 9.92. The van der Waals surface area contributed by atoms with Crippen LogP contribution in [-0.4, -0.2) is 42.7 Å². The Kier molecular flexibility index (Phi) is 12.3. The van der Waals surface area contributed by atoms with E-state index in [0.29, 0.717) is 25.0 Å². The van der Waals surface area contributed by atoms with Crippen LogP contribution in [-0.2, 0) is 25.6 Å². The van der Waals surface area contributed by atoms with Gasteiger partial charge in [-0.05, 0) is 68.2 Å². The fraction of sp³-hybridized carbons (Fsp3) is 0.615. The molecular formula is C26H41N3O5.